The Morgan fingerprint density at radius 2 is 1.75 bits per heavy atom. The summed E-state index contributed by atoms with van der Waals surface area (Å²) in [6.07, 6.45) is 0. The topological polar surface area (TPSA) is 60.0 Å². The number of benzene rings is 2. The third-order valence-electron chi connectivity index (χ3n) is 4.66. The van der Waals surface area contributed by atoms with Crippen molar-refractivity contribution < 1.29 is 19.0 Å². The van der Waals surface area contributed by atoms with Crippen LogP contribution >= 0.6 is 11.6 Å². The number of amides is 1. The van der Waals surface area contributed by atoms with Gasteiger partial charge in [-0.15, -0.1) is 0 Å². The van der Waals surface area contributed by atoms with Crippen LogP contribution in [0.5, 0.6) is 11.5 Å². The molecular formula is C21H25ClN2O4. The number of methoxy groups -OCH3 is 1. The van der Waals surface area contributed by atoms with E-state index in [0.29, 0.717) is 30.5 Å². The van der Waals surface area contributed by atoms with Gasteiger partial charge >= 0.3 is 0 Å². The predicted octanol–water partition coefficient (Wildman–Crippen LogP) is 2.92. The minimum Gasteiger partial charge on any atom is -0.497 e. The van der Waals surface area contributed by atoms with E-state index in [1.54, 1.807) is 31.4 Å². The van der Waals surface area contributed by atoms with Gasteiger partial charge in [0, 0.05) is 24.7 Å². The van der Waals surface area contributed by atoms with E-state index in [4.69, 9.17) is 25.8 Å². The lowest BCUT2D eigenvalue weighted by molar-refractivity contribution is -0.123. The highest BCUT2D eigenvalue weighted by Gasteiger charge is 2.23. The fourth-order valence-electron chi connectivity index (χ4n) is 3.11. The Hall–Kier alpha value is -2.28. The maximum absolute atomic E-state index is 12.3. The molecule has 0 saturated carbocycles. The van der Waals surface area contributed by atoms with Crippen LogP contribution in [-0.4, -0.2) is 57.4 Å². The van der Waals surface area contributed by atoms with Crippen LogP contribution in [0.4, 0.5) is 0 Å². The fourth-order valence-corrected chi connectivity index (χ4v) is 3.24. The van der Waals surface area contributed by atoms with Gasteiger partial charge in [0.15, 0.2) is 6.61 Å². The third-order valence-corrected chi connectivity index (χ3v) is 4.92. The molecule has 6 nitrogen and oxygen atoms in total. The number of halogens is 1. The van der Waals surface area contributed by atoms with Crippen molar-refractivity contribution in [3.8, 4) is 11.5 Å². The van der Waals surface area contributed by atoms with Crippen LogP contribution in [0.2, 0.25) is 5.02 Å². The number of rotatable bonds is 8. The van der Waals surface area contributed by atoms with Gasteiger partial charge in [-0.1, -0.05) is 23.7 Å². The Morgan fingerprint density at radius 1 is 1.11 bits per heavy atom. The second-order valence-electron chi connectivity index (χ2n) is 6.48. The van der Waals surface area contributed by atoms with Crippen molar-refractivity contribution in [2.24, 2.45) is 0 Å². The lowest BCUT2D eigenvalue weighted by Crippen LogP contribution is -2.44. The molecule has 1 N–H and O–H groups in total. The normalized spacial score (nSPS) is 15.6. The molecule has 1 amide bonds. The van der Waals surface area contributed by atoms with Crippen LogP contribution in [0.1, 0.15) is 11.6 Å². The standard InChI is InChI=1S/C21H25ClN2O4/c1-26-18-6-2-16(3-7-18)20(24-10-12-27-13-11-24)14-23-21(25)15-28-19-8-4-17(22)5-9-19/h2-9,20H,10-15H2,1H3,(H,23,25)/t20-/m0/s1. The molecule has 0 unspecified atom stereocenters. The quantitative estimate of drug-likeness (QED) is 0.733. The summed E-state index contributed by atoms with van der Waals surface area (Å²) < 4.78 is 16.2. The van der Waals surface area contributed by atoms with Crippen molar-refractivity contribution in [3.05, 3.63) is 59.1 Å². The first-order chi connectivity index (χ1) is 13.7. The minimum absolute atomic E-state index is 0.0416. The lowest BCUT2D eigenvalue weighted by atomic mass is 10.0. The van der Waals surface area contributed by atoms with Gasteiger partial charge in [-0.2, -0.15) is 0 Å². The number of hydrogen-bond donors (Lipinski definition) is 1. The minimum atomic E-state index is -0.165. The highest BCUT2D eigenvalue weighted by Crippen LogP contribution is 2.23. The molecule has 1 fully saturated rings. The first kappa shape index (κ1) is 20.5. The van der Waals surface area contributed by atoms with Gasteiger partial charge in [0.25, 0.3) is 5.91 Å². The summed E-state index contributed by atoms with van der Waals surface area (Å²) in [4.78, 5) is 14.6. The molecule has 2 aromatic carbocycles. The number of carbonyl (C=O) groups excluding carboxylic acids is 1. The summed E-state index contributed by atoms with van der Waals surface area (Å²) in [7, 11) is 1.65. The van der Waals surface area contributed by atoms with E-state index in [0.717, 1.165) is 24.4 Å². The van der Waals surface area contributed by atoms with Crippen LogP contribution in [-0.2, 0) is 9.53 Å². The van der Waals surface area contributed by atoms with Crippen LogP contribution in [0.15, 0.2) is 48.5 Å². The molecule has 28 heavy (non-hydrogen) atoms. The van der Waals surface area contributed by atoms with Crippen molar-refractivity contribution in [2.45, 2.75) is 6.04 Å². The van der Waals surface area contributed by atoms with Crippen LogP contribution in [0.25, 0.3) is 0 Å². The molecule has 0 spiro atoms. The smallest absolute Gasteiger partial charge is 0.258 e. The van der Waals surface area contributed by atoms with Crippen LogP contribution in [0.3, 0.4) is 0 Å². The molecule has 2 aromatic rings. The molecule has 1 saturated heterocycles. The largest absolute Gasteiger partial charge is 0.497 e. The summed E-state index contributed by atoms with van der Waals surface area (Å²) in [6.45, 7) is 3.50. The highest BCUT2D eigenvalue weighted by molar-refractivity contribution is 6.30. The zero-order chi connectivity index (χ0) is 19.8. The molecule has 7 heteroatoms. The number of morpholine rings is 1. The summed E-state index contributed by atoms with van der Waals surface area (Å²) in [5, 5.41) is 3.61. The van der Waals surface area contributed by atoms with Crippen LogP contribution in [0, 0.1) is 0 Å². The Kier molecular flexibility index (Phi) is 7.54. The molecule has 1 aliphatic heterocycles. The summed E-state index contributed by atoms with van der Waals surface area (Å²) in [6, 6.07) is 15.0. The van der Waals surface area contributed by atoms with Crippen molar-refractivity contribution in [1.82, 2.24) is 10.2 Å². The molecule has 0 bridgehead atoms. The zero-order valence-electron chi connectivity index (χ0n) is 15.9. The van der Waals surface area contributed by atoms with Crippen molar-refractivity contribution >= 4 is 17.5 Å². The summed E-state index contributed by atoms with van der Waals surface area (Å²) >= 11 is 5.85. The van der Waals surface area contributed by atoms with Crippen LogP contribution < -0.4 is 14.8 Å². The number of hydrogen-bond acceptors (Lipinski definition) is 5. The lowest BCUT2D eigenvalue weighted by Gasteiger charge is -2.35. The van der Waals surface area contributed by atoms with E-state index >= 15 is 0 Å². The summed E-state index contributed by atoms with van der Waals surface area (Å²) in [5.74, 6) is 1.26. The van der Waals surface area contributed by atoms with Gasteiger partial charge in [-0.05, 0) is 42.0 Å². The van der Waals surface area contributed by atoms with Gasteiger partial charge in [0.1, 0.15) is 11.5 Å². The molecule has 150 valence electrons. The number of nitrogens with one attached hydrogen (secondary N) is 1. The first-order valence-corrected chi connectivity index (χ1v) is 9.64. The molecule has 0 aliphatic carbocycles. The molecule has 1 atom stereocenters. The van der Waals surface area contributed by atoms with E-state index in [1.807, 2.05) is 24.3 Å². The van der Waals surface area contributed by atoms with Crippen molar-refractivity contribution in [1.29, 1.82) is 0 Å². The fraction of sp³-hybridized carbons (Fsp3) is 0.381. The second kappa shape index (κ2) is 10.3. The molecule has 1 heterocycles. The zero-order valence-corrected chi connectivity index (χ0v) is 16.7. The maximum Gasteiger partial charge on any atom is 0.258 e. The molecule has 3 rings (SSSR count). The average Bonchev–Trinajstić information content (AvgIpc) is 2.74. The number of nitrogens with zero attached hydrogens (tertiary/aromatic N) is 1. The molecular weight excluding hydrogens is 380 g/mol. The molecule has 1 aliphatic rings. The Morgan fingerprint density at radius 3 is 2.39 bits per heavy atom. The second-order valence-corrected chi connectivity index (χ2v) is 6.92. The van der Waals surface area contributed by atoms with Gasteiger partial charge in [-0.25, -0.2) is 0 Å². The Labute approximate surface area is 170 Å². The maximum atomic E-state index is 12.3. The first-order valence-electron chi connectivity index (χ1n) is 9.26. The van der Waals surface area contributed by atoms with E-state index in [-0.39, 0.29) is 18.6 Å². The third kappa shape index (κ3) is 5.86. The van der Waals surface area contributed by atoms with E-state index in [2.05, 4.69) is 10.2 Å². The van der Waals surface area contributed by atoms with Gasteiger partial charge in [-0.3, -0.25) is 9.69 Å². The SMILES string of the molecule is COc1ccc([C@H](CNC(=O)COc2ccc(Cl)cc2)N2CCOCC2)cc1. The Balaban J connectivity index is 1.58. The molecule has 0 radical (unpaired) electrons. The van der Waals surface area contributed by atoms with Gasteiger partial charge in [0.2, 0.25) is 0 Å². The van der Waals surface area contributed by atoms with E-state index < -0.39 is 0 Å². The van der Waals surface area contributed by atoms with E-state index in [9.17, 15) is 4.79 Å². The summed E-state index contributed by atoms with van der Waals surface area (Å²) in [5.41, 5.74) is 1.13. The monoisotopic (exact) mass is 404 g/mol. The predicted molar refractivity (Wildman–Crippen MR) is 108 cm³/mol. The van der Waals surface area contributed by atoms with Crippen molar-refractivity contribution in [3.63, 3.8) is 0 Å². The number of carbonyl (C=O) groups is 1. The van der Waals surface area contributed by atoms with Crippen molar-refractivity contribution in [2.75, 3.05) is 46.6 Å². The molecule has 0 aromatic heterocycles. The Bertz CT molecular complexity index is 746. The van der Waals surface area contributed by atoms with Gasteiger partial charge in [0.05, 0.1) is 26.4 Å². The van der Waals surface area contributed by atoms with E-state index in [1.165, 1.54) is 0 Å². The average molecular weight is 405 g/mol. The van der Waals surface area contributed by atoms with Gasteiger partial charge < -0.3 is 19.5 Å². The number of ether oxygens (including phenoxy) is 3. The highest BCUT2D eigenvalue weighted by atomic mass is 35.5.